The molecule has 0 aromatic heterocycles. The van der Waals surface area contributed by atoms with Crippen LogP contribution in [0.2, 0.25) is 0 Å². The predicted octanol–water partition coefficient (Wildman–Crippen LogP) is 0.834. The Hall–Kier alpha value is -1.34. The summed E-state index contributed by atoms with van der Waals surface area (Å²) in [5, 5.41) is 3.17. The molecule has 0 radical (unpaired) electrons. The largest absolute Gasteiger partial charge is 0.444 e. The molecular weight excluding hydrogens is 298 g/mol. The second kappa shape index (κ2) is 7.97. The number of piperazine rings is 1. The van der Waals surface area contributed by atoms with Crippen LogP contribution >= 0.6 is 0 Å². The van der Waals surface area contributed by atoms with Crippen molar-refractivity contribution in [3.63, 3.8) is 0 Å². The van der Waals surface area contributed by atoms with E-state index in [0.29, 0.717) is 32.7 Å². The Kier molecular flexibility index (Phi) is 6.24. The van der Waals surface area contributed by atoms with Gasteiger partial charge in [0, 0.05) is 39.3 Å². The number of nitrogens with one attached hydrogen (secondary N) is 1. The van der Waals surface area contributed by atoms with Crippen LogP contribution in [0.5, 0.6) is 0 Å². The van der Waals surface area contributed by atoms with Gasteiger partial charge in [-0.05, 0) is 33.6 Å². The van der Waals surface area contributed by atoms with Gasteiger partial charge in [-0.2, -0.15) is 0 Å². The number of nitrogens with zero attached hydrogens (tertiary/aromatic N) is 2. The van der Waals surface area contributed by atoms with E-state index in [0.717, 1.165) is 26.0 Å². The van der Waals surface area contributed by atoms with Gasteiger partial charge in [0.2, 0.25) is 5.91 Å². The third-order valence-electron chi connectivity index (χ3n) is 3.96. The minimum absolute atomic E-state index is 0.0758. The van der Waals surface area contributed by atoms with E-state index < -0.39 is 5.60 Å². The highest BCUT2D eigenvalue weighted by Crippen LogP contribution is 2.12. The summed E-state index contributed by atoms with van der Waals surface area (Å²) in [6.07, 6.45) is 2.11. The van der Waals surface area contributed by atoms with E-state index in [9.17, 15) is 9.59 Å². The summed E-state index contributed by atoms with van der Waals surface area (Å²) in [6.45, 7) is 9.58. The van der Waals surface area contributed by atoms with E-state index in [1.807, 2.05) is 20.8 Å². The second-order valence-electron chi connectivity index (χ2n) is 7.11. The van der Waals surface area contributed by atoms with Crippen LogP contribution in [0.15, 0.2) is 0 Å². The van der Waals surface area contributed by atoms with E-state index in [2.05, 4.69) is 5.32 Å². The van der Waals surface area contributed by atoms with Crippen LogP contribution in [-0.4, -0.2) is 79.4 Å². The smallest absolute Gasteiger partial charge is 0.410 e. The molecule has 0 aromatic carbocycles. The van der Waals surface area contributed by atoms with Gasteiger partial charge < -0.3 is 24.6 Å². The van der Waals surface area contributed by atoms with Gasteiger partial charge in [-0.1, -0.05) is 0 Å². The van der Waals surface area contributed by atoms with Crippen LogP contribution in [0.3, 0.4) is 0 Å². The summed E-state index contributed by atoms with van der Waals surface area (Å²) in [5.74, 6) is 0.0758. The third kappa shape index (κ3) is 5.99. The van der Waals surface area contributed by atoms with Crippen LogP contribution in [0.25, 0.3) is 0 Å². The maximum atomic E-state index is 12.2. The molecule has 2 saturated heterocycles. The Bertz CT molecular complexity index is 408. The summed E-state index contributed by atoms with van der Waals surface area (Å²) in [7, 11) is 0. The lowest BCUT2D eigenvalue weighted by Crippen LogP contribution is -2.53. The van der Waals surface area contributed by atoms with Gasteiger partial charge in [0.05, 0.1) is 12.6 Å². The zero-order chi connectivity index (χ0) is 16.9. The van der Waals surface area contributed by atoms with Gasteiger partial charge >= 0.3 is 6.09 Å². The number of hydrogen-bond donors (Lipinski definition) is 1. The first-order valence-electron chi connectivity index (χ1n) is 8.43. The lowest BCUT2D eigenvalue weighted by Gasteiger charge is -2.35. The van der Waals surface area contributed by atoms with Gasteiger partial charge in [0.25, 0.3) is 0 Å². The maximum absolute atomic E-state index is 12.2. The molecule has 2 rings (SSSR count). The molecule has 2 aliphatic rings. The molecule has 0 aromatic rings. The molecule has 7 heteroatoms. The summed E-state index contributed by atoms with van der Waals surface area (Å²) < 4.78 is 10.9. The molecule has 2 aliphatic heterocycles. The average molecular weight is 327 g/mol. The summed E-state index contributed by atoms with van der Waals surface area (Å²) >= 11 is 0. The van der Waals surface area contributed by atoms with Gasteiger partial charge in [0.15, 0.2) is 0 Å². The first-order chi connectivity index (χ1) is 10.8. The molecule has 7 nitrogen and oxygen atoms in total. The first kappa shape index (κ1) is 18.0. The summed E-state index contributed by atoms with van der Waals surface area (Å²) in [5.41, 5.74) is -0.490. The Balaban J connectivity index is 1.65. The van der Waals surface area contributed by atoms with Crippen molar-refractivity contribution in [3.05, 3.63) is 0 Å². The normalized spacial score (nSPS) is 22.3. The van der Waals surface area contributed by atoms with Crippen molar-refractivity contribution in [3.8, 4) is 0 Å². The fraction of sp³-hybridized carbons (Fsp3) is 0.875. The fourth-order valence-electron chi connectivity index (χ4n) is 2.72. The minimum Gasteiger partial charge on any atom is -0.444 e. The molecule has 2 amide bonds. The Labute approximate surface area is 138 Å². The highest BCUT2D eigenvalue weighted by molar-refractivity contribution is 5.78. The van der Waals surface area contributed by atoms with Gasteiger partial charge in [-0.3, -0.25) is 4.79 Å². The van der Waals surface area contributed by atoms with Crippen molar-refractivity contribution in [1.82, 2.24) is 15.1 Å². The van der Waals surface area contributed by atoms with E-state index in [-0.39, 0.29) is 18.1 Å². The molecule has 1 N–H and O–H groups in total. The van der Waals surface area contributed by atoms with Crippen molar-refractivity contribution in [2.45, 2.75) is 45.3 Å². The molecule has 2 heterocycles. The Morgan fingerprint density at radius 2 is 1.83 bits per heavy atom. The third-order valence-corrected chi connectivity index (χ3v) is 3.96. The standard InChI is InChI=1S/C16H29N3O4/c1-16(2,3)23-15(21)19-8-6-18(7-9-19)14(20)12-17-11-13-5-4-10-22-13/h13,17H,4-12H2,1-3H3. The average Bonchev–Trinajstić information content (AvgIpc) is 2.99. The SMILES string of the molecule is CC(C)(C)OC(=O)N1CCN(C(=O)CNCC2CCCO2)CC1. The highest BCUT2D eigenvalue weighted by Gasteiger charge is 2.27. The molecule has 2 fully saturated rings. The lowest BCUT2D eigenvalue weighted by molar-refractivity contribution is -0.132. The molecule has 0 aliphatic carbocycles. The monoisotopic (exact) mass is 327 g/mol. The van der Waals surface area contributed by atoms with Crippen molar-refractivity contribution in [1.29, 1.82) is 0 Å². The molecule has 0 bridgehead atoms. The van der Waals surface area contributed by atoms with Gasteiger partial charge in [-0.25, -0.2) is 4.79 Å². The quantitative estimate of drug-likeness (QED) is 0.828. The topological polar surface area (TPSA) is 71.1 Å². The minimum atomic E-state index is -0.490. The zero-order valence-electron chi connectivity index (χ0n) is 14.5. The van der Waals surface area contributed by atoms with Gasteiger partial charge in [0.1, 0.15) is 5.60 Å². The maximum Gasteiger partial charge on any atom is 0.410 e. The highest BCUT2D eigenvalue weighted by atomic mass is 16.6. The lowest BCUT2D eigenvalue weighted by atomic mass is 10.2. The van der Waals surface area contributed by atoms with Gasteiger partial charge in [-0.15, -0.1) is 0 Å². The first-order valence-corrected chi connectivity index (χ1v) is 8.43. The Morgan fingerprint density at radius 3 is 2.39 bits per heavy atom. The predicted molar refractivity (Wildman–Crippen MR) is 86.2 cm³/mol. The van der Waals surface area contributed by atoms with E-state index in [1.54, 1.807) is 9.80 Å². The molecule has 1 atom stereocenters. The zero-order valence-corrected chi connectivity index (χ0v) is 14.5. The van der Waals surface area contributed by atoms with Crippen molar-refractivity contribution in [2.75, 3.05) is 45.9 Å². The molecule has 23 heavy (non-hydrogen) atoms. The van der Waals surface area contributed by atoms with Crippen LogP contribution in [0.1, 0.15) is 33.6 Å². The van der Waals surface area contributed by atoms with Crippen LogP contribution in [0.4, 0.5) is 4.79 Å². The van der Waals surface area contributed by atoms with E-state index in [1.165, 1.54) is 0 Å². The molecular formula is C16H29N3O4. The molecule has 0 saturated carbocycles. The molecule has 1 unspecified atom stereocenters. The Morgan fingerprint density at radius 1 is 1.17 bits per heavy atom. The molecule has 0 spiro atoms. The van der Waals surface area contributed by atoms with E-state index in [4.69, 9.17) is 9.47 Å². The van der Waals surface area contributed by atoms with Crippen molar-refractivity contribution < 1.29 is 19.1 Å². The summed E-state index contributed by atoms with van der Waals surface area (Å²) in [4.78, 5) is 27.6. The van der Waals surface area contributed by atoms with Crippen LogP contribution in [-0.2, 0) is 14.3 Å². The van der Waals surface area contributed by atoms with Crippen molar-refractivity contribution in [2.24, 2.45) is 0 Å². The number of hydrogen-bond acceptors (Lipinski definition) is 5. The summed E-state index contributed by atoms with van der Waals surface area (Å²) in [6, 6.07) is 0. The second-order valence-corrected chi connectivity index (χ2v) is 7.11. The fourth-order valence-corrected chi connectivity index (χ4v) is 2.72. The van der Waals surface area contributed by atoms with Crippen LogP contribution < -0.4 is 5.32 Å². The number of carbonyl (C=O) groups is 2. The van der Waals surface area contributed by atoms with Crippen LogP contribution in [0, 0.1) is 0 Å². The number of rotatable bonds is 4. The number of amides is 2. The van der Waals surface area contributed by atoms with E-state index >= 15 is 0 Å². The number of ether oxygens (including phenoxy) is 2. The number of carbonyl (C=O) groups excluding carboxylic acids is 2. The van der Waals surface area contributed by atoms with Crippen molar-refractivity contribution >= 4 is 12.0 Å². The molecule has 132 valence electrons.